The van der Waals surface area contributed by atoms with E-state index in [1.807, 2.05) is 7.05 Å². The van der Waals surface area contributed by atoms with Gasteiger partial charge in [-0.15, -0.1) is 0 Å². The molecule has 0 fully saturated rings. The molecule has 0 heterocycles. The van der Waals surface area contributed by atoms with Gasteiger partial charge >= 0.3 is 0 Å². The molecule has 2 heteroatoms. The van der Waals surface area contributed by atoms with E-state index in [0.717, 1.165) is 0 Å². The summed E-state index contributed by atoms with van der Waals surface area (Å²) in [6, 6.07) is 2.69. The summed E-state index contributed by atoms with van der Waals surface area (Å²) in [7, 11) is 1.93. The molecule has 0 saturated carbocycles. The van der Waals surface area contributed by atoms with Crippen LogP contribution in [0.5, 0.6) is 0 Å². The first-order valence-electron chi connectivity index (χ1n) is 4.61. The summed E-state index contributed by atoms with van der Waals surface area (Å²) in [4.78, 5) is 0. The highest BCUT2D eigenvalue weighted by atomic mass is 14.9. The summed E-state index contributed by atoms with van der Waals surface area (Å²) in [5, 5.41) is 12.2. The van der Waals surface area contributed by atoms with E-state index in [1.54, 1.807) is 0 Å². The lowest BCUT2D eigenvalue weighted by Gasteiger charge is -2.27. The summed E-state index contributed by atoms with van der Waals surface area (Å²) in [5.41, 5.74) is 0. The smallest absolute Gasteiger partial charge is 0.0675 e. The standard InChI is InChI=1S/C10H20N2/c1-7(2)9(6-11)10(12-5)8(3)4/h7-10,12H,1-5H3. The largest absolute Gasteiger partial charge is 0.315 e. The summed E-state index contributed by atoms with van der Waals surface area (Å²) < 4.78 is 0. The zero-order chi connectivity index (χ0) is 9.72. The molecule has 0 radical (unpaired) electrons. The fourth-order valence-electron chi connectivity index (χ4n) is 1.57. The Morgan fingerprint density at radius 1 is 1.08 bits per heavy atom. The minimum Gasteiger partial charge on any atom is -0.315 e. The Morgan fingerprint density at radius 2 is 1.58 bits per heavy atom. The molecule has 2 atom stereocenters. The van der Waals surface area contributed by atoms with Gasteiger partial charge in [0.25, 0.3) is 0 Å². The van der Waals surface area contributed by atoms with Crippen molar-refractivity contribution in [2.24, 2.45) is 17.8 Å². The van der Waals surface area contributed by atoms with Gasteiger partial charge in [-0.1, -0.05) is 27.7 Å². The molecule has 0 aliphatic heterocycles. The highest BCUT2D eigenvalue weighted by Gasteiger charge is 2.25. The average Bonchev–Trinajstić information content (AvgIpc) is 1.98. The molecule has 2 unspecified atom stereocenters. The minimum atomic E-state index is 0.120. The Labute approximate surface area is 76.0 Å². The molecule has 70 valence electrons. The third-order valence-electron chi connectivity index (χ3n) is 2.31. The highest BCUT2D eigenvalue weighted by molar-refractivity contribution is 4.94. The molecule has 0 aromatic rings. The summed E-state index contributed by atoms with van der Waals surface area (Å²) >= 11 is 0. The fourth-order valence-corrected chi connectivity index (χ4v) is 1.57. The Balaban J connectivity index is 4.36. The van der Waals surface area contributed by atoms with Gasteiger partial charge in [0.1, 0.15) is 0 Å². The van der Waals surface area contributed by atoms with E-state index in [-0.39, 0.29) is 5.92 Å². The van der Waals surface area contributed by atoms with E-state index in [1.165, 1.54) is 0 Å². The lowest BCUT2D eigenvalue weighted by molar-refractivity contribution is 0.290. The normalized spacial score (nSPS) is 16.2. The van der Waals surface area contributed by atoms with Crippen molar-refractivity contribution in [2.45, 2.75) is 33.7 Å². The molecular weight excluding hydrogens is 148 g/mol. The number of hydrogen-bond acceptors (Lipinski definition) is 2. The fraction of sp³-hybridized carbons (Fsp3) is 0.900. The van der Waals surface area contributed by atoms with Crippen molar-refractivity contribution in [2.75, 3.05) is 7.05 Å². The highest BCUT2D eigenvalue weighted by Crippen LogP contribution is 2.19. The van der Waals surface area contributed by atoms with Crippen LogP contribution < -0.4 is 5.32 Å². The topological polar surface area (TPSA) is 35.8 Å². The van der Waals surface area contributed by atoms with Crippen molar-refractivity contribution in [1.82, 2.24) is 5.32 Å². The van der Waals surface area contributed by atoms with Gasteiger partial charge in [-0.05, 0) is 18.9 Å². The lowest BCUT2D eigenvalue weighted by Crippen LogP contribution is -2.39. The number of hydrogen-bond donors (Lipinski definition) is 1. The Bertz CT molecular complexity index is 156. The second kappa shape index (κ2) is 5.16. The molecular formula is C10H20N2. The number of nitriles is 1. The average molecular weight is 168 g/mol. The second-order valence-corrected chi connectivity index (χ2v) is 3.96. The van der Waals surface area contributed by atoms with Crippen LogP contribution >= 0.6 is 0 Å². The van der Waals surface area contributed by atoms with Crippen LogP contribution in [-0.4, -0.2) is 13.1 Å². The van der Waals surface area contributed by atoms with Crippen molar-refractivity contribution in [3.05, 3.63) is 0 Å². The molecule has 0 aliphatic carbocycles. The van der Waals surface area contributed by atoms with Crippen molar-refractivity contribution in [3.8, 4) is 6.07 Å². The van der Waals surface area contributed by atoms with Crippen LogP contribution in [0.2, 0.25) is 0 Å². The Hall–Kier alpha value is -0.550. The number of rotatable bonds is 4. The Kier molecular flexibility index (Phi) is 4.92. The summed E-state index contributed by atoms with van der Waals surface area (Å²) in [6.45, 7) is 8.49. The molecule has 0 rings (SSSR count). The number of nitrogens with one attached hydrogen (secondary N) is 1. The van der Waals surface area contributed by atoms with Crippen LogP contribution in [0, 0.1) is 29.1 Å². The monoisotopic (exact) mass is 168 g/mol. The molecule has 0 spiro atoms. The first kappa shape index (κ1) is 11.4. The summed E-state index contributed by atoms with van der Waals surface area (Å²) in [6.07, 6.45) is 0. The quantitative estimate of drug-likeness (QED) is 0.697. The van der Waals surface area contributed by atoms with Crippen LogP contribution in [-0.2, 0) is 0 Å². The molecule has 0 bridgehead atoms. The third-order valence-corrected chi connectivity index (χ3v) is 2.31. The molecule has 0 aromatic carbocycles. The second-order valence-electron chi connectivity index (χ2n) is 3.96. The SMILES string of the molecule is CNC(C(C)C)C(C#N)C(C)C. The molecule has 2 nitrogen and oxygen atoms in total. The molecule has 0 amide bonds. The van der Waals surface area contributed by atoms with Gasteiger partial charge < -0.3 is 5.32 Å². The molecule has 0 aliphatic rings. The maximum absolute atomic E-state index is 8.96. The van der Waals surface area contributed by atoms with Crippen molar-refractivity contribution in [1.29, 1.82) is 5.26 Å². The van der Waals surface area contributed by atoms with Crippen molar-refractivity contribution in [3.63, 3.8) is 0 Å². The predicted octanol–water partition coefficient (Wildman–Crippen LogP) is 2.03. The maximum atomic E-state index is 8.96. The van der Waals surface area contributed by atoms with Crippen molar-refractivity contribution >= 4 is 0 Å². The lowest BCUT2D eigenvalue weighted by atomic mass is 9.84. The van der Waals surface area contributed by atoms with E-state index in [4.69, 9.17) is 5.26 Å². The zero-order valence-corrected chi connectivity index (χ0v) is 8.76. The van der Waals surface area contributed by atoms with Crippen LogP contribution in [0.25, 0.3) is 0 Å². The van der Waals surface area contributed by atoms with Gasteiger partial charge in [0.05, 0.1) is 12.0 Å². The first-order valence-corrected chi connectivity index (χ1v) is 4.61. The van der Waals surface area contributed by atoms with Gasteiger partial charge in [-0.2, -0.15) is 5.26 Å². The van der Waals surface area contributed by atoms with E-state index in [9.17, 15) is 0 Å². The predicted molar refractivity (Wildman–Crippen MR) is 51.6 cm³/mol. The first-order chi connectivity index (χ1) is 5.54. The summed E-state index contributed by atoms with van der Waals surface area (Å²) in [5.74, 6) is 1.06. The number of nitrogens with zero attached hydrogens (tertiary/aromatic N) is 1. The van der Waals surface area contributed by atoms with Crippen LogP contribution in [0.3, 0.4) is 0 Å². The van der Waals surface area contributed by atoms with Crippen LogP contribution in [0.15, 0.2) is 0 Å². The van der Waals surface area contributed by atoms with Gasteiger partial charge in [-0.3, -0.25) is 0 Å². The zero-order valence-electron chi connectivity index (χ0n) is 8.76. The van der Waals surface area contributed by atoms with Crippen molar-refractivity contribution < 1.29 is 0 Å². The van der Waals surface area contributed by atoms with Crippen LogP contribution in [0.1, 0.15) is 27.7 Å². The molecule has 0 saturated heterocycles. The molecule has 0 aromatic heterocycles. The molecule has 12 heavy (non-hydrogen) atoms. The maximum Gasteiger partial charge on any atom is 0.0675 e. The van der Waals surface area contributed by atoms with Gasteiger partial charge in [0.15, 0.2) is 0 Å². The third kappa shape index (κ3) is 2.83. The van der Waals surface area contributed by atoms with Crippen LogP contribution in [0.4, 0.5) is 0 Å². The van der Waals surface area contributed by atoms with E-state index < -0.39 is 0 Å². The van der Waals surface area contributed by atoms with E-state index in [2.05, 4.69) is 39.1 Å². The Morgan fingerprint density at radius 3 is 1.67 bits per heavy atom. The van der Waals surface area contributed by atoms with E-state index >= 15 is 0 Å². The van der Waals surface area contributed by atoms with Gasteiger partial charge in [-0.25, -0.2) is 0 Å². The molecule has 1 N–H and O–H groups in total. The van der Waals surface area contributed by atoms with E-state index in [0.29, 0.717) is 17.9 Å². The van der Waals surface area contributed by atoms with Gasteiger partial charge in [0.2, 0.25) is 0 Å². The minimum absolute atomic E-state index is 0.120. The van der Waals surface area contributed by atoms with Gasteiger partial charge in [0, 0.05) is 6.04 Å².